The third-order valence-electron chi connectivity index (χ3n) is 14.7. The number of rotatable bonds is 26. The highest BCUT2D eigenvalue weighted by atomic mass is 28.3. The summed E-state index contributed by atoms with van der Waals surface area (Å²) in [4.78, 5) is 52.4. The molecule has 4 aromatic rings. The van der Waals surface area contributed by atoms with E-state index in [4.69, 9.17) is 37.9 Å². The smallest absolute Gasteiger partial charge is 0.338 e. The summed E-state index contributed by atoms with van der Waals surface area (Å²) in [6.07, 6.45) is 14.0. The van der Waals surface area contributed by atoms with Crippen LogP contribution in [0.5, 0.6) is 0 Å². The molecular formula is C71H98O13Si2. The Bertz CT molecular complexity index is 2790. The van der Waals surface area contributed by atoms with Crippen LogP contribution in [0.25, 0.3) is 12.2 Å². The third kappa shape index (κ3) is 22.9. The molecule has 468 valence electrons. The van der Waals surface area contributed by atoms with E-state index in [1.165, 1.54) is 0 Å². The summed E-state index contributed by atoms with van der Waals surface area (Å²) < 4.78 is 48.6. The lowest BCUT2D eigenvalue weighted by Crippen LogP contribution is -2.37. The van der Waals surface area contributed by atoms with Gasteiger partial charge in [-0.05, 0) is 151 Å². The fourth-order valence-corrected chi connectivity index (χ4v) is 11.4. The van der Waals surface area contributed by atoms with E-state index in [9.17, 15) is 24.3 Å². The van der Waals surface area contributed by atoms with Crippen LogP contribution in [-0.2, 0) is 37.9 Å². The van der Waals surface area contributed by atoms with Crippen LogP contribution in [0.2, 0.25) is 51.4 Å². The van der Waals surface area contributed by atoms with Gasteiger partial charge in [-0.1, -0.05) is 175 Å². The maximum Gasteiger partial charge on any atom is 0.338 e. The minimum absolute atomic E-state index is 0.0334. The zero-order valence-corrected chi connectivity index (χ0v) is 56.3. The van der Waals surface area contributed by atoms with Gasteiger partial charge in [0.1, 0.15) is 24.4 Å². The summed E-state index contributed by atoms with van der Waals surface area (Å²) in [5.74, 6) is -3.04. The molecule has 0 bridgehead atoms. The van der Waals surface area contributed by atoms with Crippen LogP contribution in [-0.4, -0.2) is 113 Å². The highest BCUT2D eigenvalue weighted by Gasteiger charge is 2.47. The molecule has 15 heteroatoms. The molecule has 2 unspecified atom stereocenters. The van der Waals surface area contributed by atoms with Gasteiger partial charge in [0.05, 0.1) is 47.7 Å². The lowest BCUT2D eigenvalue weighted by Gasteiger charge is -2.24. The Hall–Kier alpha value is -6.05. The number of hydrogen-bond donors (Lipinski definition) is 1. The zero-order valence-electron chi connectivity index (χ0n) is 54.3. The molecule has 1 N–H and O–H groups in total. The van der Waals surface area contributed by atoms with Gasteiger partial charge in [-0.3, -0.25) is 0 Å². The van der Waals surface area contributed by atoms with Crippen LogP contribution < -0.4 is 0 Å². The van der Waals surface area contributed by atoms with E-state index in [1.54, 1.807) is 42.5 Å². The van der Waals surface area contributed by atoms with Gasteiger partial charge in [-0.25, -0.2) is 19.2 Å². The second kappa shape index (κ2) is 32.3. The molecule has 0 saturated carbocycles. The van der Waals surface area contributed by atoms with Gasteiger partial charge in [0, 0.05) is 22.8 Å². The molecule has 2 saturated heterocycles. The Balaban J connectivity index is 0.000000314. The van der Waals surface area contributed by atoms with E-state index in [0.717, 1.165) is 51.9 Å². The predicted molar refractivity (Wildman–Crippen MR) is 349 cm³/mol. The van der Waals surface area contributed by atoms with E-state index >= 15 is 0 Å². The average Bonchev–Trinajstić information content (AvgIpc) is 3.93. The fraction of sp³-hybridized carbons (Fsp3) is 0.493. The first kappa shape index (κ1) is 70.7. The van der Waals surface area contributed by atoms with Crippen molar-refractivity contribution in [3.8, 4) is 0 Å². The van der Waals surface area contributed by atoms with Crippen LogP contribution in [0.3, 0.4) is 0 Å². The molecule has 6 rings (SSSR count). The zero-order chi connectivity index (χ0) is 63.6. The highest BCUT2D eigenvalue weighted by Crippen LogP contribution is 2.36. The molecule has 0 aliphatic carbocycles. The van der Waals surface area contributed by atoms with Gasteiger partial charge in [-0.2, -0.15) is 0 Å². The summed E-state index contributed by atoms with van der Waals surface area (Å²) in [6, 6.07) is 27.6. The Kier molecular flexibility index (Phi) is 26.5. The van der Waals surface area contributed by atoms with Crippen molar-refractivity contribution in [3.63, 3.8) is 0 Å². The van der Waals surface area contributed by atoms with E-state index in [1.807, 2.05) is 147 Å². The first-order valence-corrected chi connectivity index (χ1v) is 37.9. The number of carbonyl (C=O) groups is 4. The molecule has 8 atom stereocenters. The van der Waals surface area contributed by atoms with Gasteiger partial charge in [0.15, 0.2) is 11.6 Å². The molecule has 2 heterocycles. The van der Waals surface area contributed by atoms with Crippen molar-refractivity contribution in [2.24, 2.45) is 11.8 Å². The monoisotopic (exact) mass is 1210 g/mol. The number of aryl methyl sites for hydroxylation is 4. The molecule has 2 fully saturated rings. The van der Waals surface area contributed by atoms with Gasteiger partial charge in [0.25, 0.3) is 0 Å². The van der Waals surface area contributed by atoms with E-state index in [-0.39, 0.29) is 30.6 Å². The molecule has 86 heavy (non-hydrogen) atoms. The number of ether oxygens (including phenoxy) is 8. The van der Waals surface area contributed by atoms with E-state index in [0.29, 0.717) is 54.2 Å². The molecule has 0 amide bonds. The number of allylic oxidation sites excluding steroid dienone is 1. The number of aliphatic hydroxyl groups is 1. The number of benzene rings is 4. The quantitative estimate of drug-likeness (QED) is 0.0274. The first-order valence-electron chi connectivity index (χ1n) is 30.5. The van der Waals surface area contributed by atoms with Crippen LogP contribution in [0.15, 0.2) is 121 Å². The van der Waals surface area contributed by atoms with E-state index in [2.05, 4.69) is 59.2 Å². The molecule has 0 aromatic heterocycles. The second-order valence-electron chi connectivity index (χ2n) is 26.3. The molecule has 2 aliphatic heterocycles. The molecule has 13 nitrogen and oxygen atoms in total. The normalized spacial score (nSPS) is 19.9. The third-order valence-corrected chi connectivity index (χ3v) is 18.1. The van der Waals surface area contributed by atoms with Gasteiger partial charge >= 0.3 is 23.9 Å². The van der Waals surface area contributed by atoms with Crippen molar-refractivity contribution < 1.29 is 62.2 Å². The minimum atomic E-state index is -1.34. The first-order chi connectivity index (χ1) is 40.4. The van der Waals surface area contributed by atoms with Crippen molar-refractivity contribution >= 4 is 52.2 Å². The summed E-state index contributed by atoms with van der Waals surface area (Å²) in [5, 5.41) is 9.56. The Labute approximate surface area is 515 Å². The topological polar surface area (TPSA) is 162 Å². The standard InChI is InChI=1S/C36H50O6Si.C35H48O7Si/c1-10-25(2)19-20-30(40-34(37)28-15-12-11-13-16-28)33-31(41-36(5,6)42-33)18-14-17-29-24-26(3)23-27(4)32(29)35(38)39-21-22-43(7,8)9;1-24(23-36)17-18-29(40-33(37)27-13-10-9-11-14-27)32-30(41-35(4,5)42-32)16-12-15-28-22-25(2)21-26(3)31(28)34(38)39-19-20-43(6,7)8/h11-17,19-20,23-25,30-31,33H,10,18,21-22H2,1-9H3;9-15,17-18,21-22,24,29-30,32,36H,16,19-20,23H2,1-8H3/b17-14+,20-19-;15-12+,18-17-/t25-,30?,31+,33-;24-,29?,30-,32+/m10/s1. The molecule has 2 aliphatic rings. The van der Waals surface area contributed by atoms with Crippen molar-refractivity contribution in [3.05, 3.63) is 177 Å². The van der Waals surface area contributed by atoms with Gasteiger partial charge < -0.3 is 43.0 Å². The van der Waals surface area contributed by atoms with Crippen molar-refractivity contribution in [2.75, 3.05) is 19.8 Å². The lowest BCUT2D eigenvalue weighted by molar-refractivity contribution is -0.153. The van der Waals surface area contributed by atoms with Crippen LogP contribution in [0.1, 0.15) is 143 Å². The molecule has 0 radical (unpaired) electrons. The number of esters is 4. The molecule has 4 aromatic carbocycles. The van der Waals surface area contributed by atoms with Gasteiger partial charge in [-0.15, -0.1) is 0 Å². The summed E-state index contributed by atoms with van der Waals surface area (Å²) in [6.45, 7) is 35.8. The maximum absolute atomic E-state index is 13.2. The van der Waals surface area contributed by atoms with Crippen molar-refractivity contribution in [1.82, 2.24) is 0 Å². The highest BCUT2D eigenvalue weighted by molar-refractivity contribution is 6.76. The predicted octanol–water partition coefficient (Wildman–Crippen LogP) is 15.7. The summed E-state index contributed by atoms with van der Waals surface area (Å²) in [5.41, 5.74) is 7.54. The fourth-order valence-electron chi connectivity index (χ4n) is 9.93. The summed E-state index contributed by atoms with van der Waals surface area (Å²) in [7, 11) is -2.66. The number of aliphatic hydroxyl groups excluding tert-OH is 1. The van der Waals surface area contributed by atoms with Crippen LogP contribution >= 0.6 is 0 Å². The molecular weight excluding hydrogens is 1120 g/mol. The second-order valence-corrected chi connectivity index (χ2v) is 37.6. The Morgan fingerprint density at radius 2 is 0.919 bits per heavy atom. The van der Waals surface area contributed by atoms with E-state index < -0.39 is 70.2 Å². The largest absolute Gasteiger partial charge is 0.462 e. The number of carbonyl (C=O) groups excluding carboxylic acids is 4. The van der Waals surface area contributed by atoms with Crippen LogP contribution in [0, 0.1) is 39.5 Å². The van der Waals surface area contributed by atoms with Crippen LogP contribution in [0.4, 0.5) is 0 Å². The minimum Gasteiger partial charge on any atom is -0.462 e. The lowest BCUT2D eigenvalue weighted by atomic mass is 9.97. The van der Waals surface area contributed by atoms with Crippen molar-refractivity contribution in [1.29, 1.82) is 0 Å². The average molecular weight is 1220 g/mol. The maximum atomic E-state index is 13.2. The van der Waals surface area contributed by atoms with Gasteiger partial charge in [0.2, 0.25) is 0 Å². The Morgan fingerprint density at radius 3 is 1.27 bits per heavy atom. The SMILES string of the molecule is CC[C@@H](C)/C=C\C(OC(=O)c1ccccc1)[C@H]1OC(C)(C)O[C@H]1C/C=C/c1cc(C)cc(C)c1C(=O)OCC[Si](C)(C)C.Cc1cc(C)c(C(=O)OCC[Si](C)(C)C)c(/C=C/C[C@@H]2OC(C)(C)O[C@@H]2C(/C=C\[C@H](C)CO)OC(=O)c2ccccc2)c1. The molecule has 0 spiro atoms. The van der Waals surface area contributed by atoms with Crippen molar-refractivity contribution in [2.45, 2.75) is 195 Å². The number of hydrogen-bond acceptors (Lipinski definition) is 13. The summed E-state index contributed by atoms with van der Waals surface area (Å²) >= 11 is 0. The Morgan fingerprint density at radius 1 is 0.547 bits per heavy atom.